The number of ether oxygens (including phenoxy) is 1. The standard InChI is InChI=1S/C16H26FNO3/c1-12(2)8-16(3,20)11-18-9-14(19)10-21-15-6-4-13(17)5-7-15/h4-7,12,14,18-20H,8-11H2,1-3H3. The van der Waals surface area contributed by atoms with Crippen molar-refractivity contribution in [3.05, 3.63) is 30.1 Å². The molecule has 5 heteroatoms. The van der Waals surface area contributed by atoms with Crippen LogP contribution in [0.1, 0.15) is 27.2 Å². The first-order valence-electron chi connectivity index (χ1n) is 7.28. The molecule has 0 spiro atoms. The molecule has 2 unspecified atom stereocenters. The van der Waals surface area contributed by atoms with Gasteiger partial charge in [0, 0.05) is 13.1 Å². The highest BCUT2D eigenvalue weighted by atomic mass is 19.1. The van der Waals surface area contributed by atoms with Crippen LogP contribution in [0.15, 0.2) is 24.3 Å². The lowest BCUT2D eigenvalue weighted by molar-refractivity contribution is 0.0327. The number of hydrogen-bond donors (Lipinski definition) is 3. The third kappa shape index (κ3) is 7.99. The van der Waals surface area contributed by atoms with Crippen LogP contribution in [0, 0.1) is 11.7 Å². The molecule has 0 radical (unpaired) electrons. The molecule has 1 aromatic carbocycles. The Morgan fingerprint density at radius 1 is 1.29 bits per heavy atom. The van der Waals surface area contributed by atoms with E-state index in [1.54, 1.807) is 6.92 Å². The molecule has 1 rings (SSSR count). The molecule has 0 amide bonds. The molecule has 0 bridgehead atoms. The minimum Gasteiger partial charge on any atom is -0.491 e. The van der Waals surface area contributed by atoms with Crippen molar-refractivity contribution in [3.8, 4) is 5.75 Å². The molecular formula is C16H26FNO3. The Kier molecular flexibility index (Phi) is 7.08. The van der Waals surface area contributed by atoms with Gasteiger partial charge in [0.2, 0.25) is 0 Å². The van der Waals surface area contributed by atoms with Crippen LogP contribution in [0.5, 0.6) is 5.75 Å². The van der Waals surface area contributed by atoms with Crippen LogP contribution in [0.2, 0.25) is 0 Å². The van der Waals surface area contributed by atoms with Crippen LogP contribution in [-0.2, 0) is 0 Å². The van der Waals surface area contributed by atoms with Gasteiger partial charge in [-0.3, -0.25) is 0 Å². The van der Waals surface area contributed by atoms with Crippen molar-refractivity contribution in [2.75, 3.05) is 19.7 Å². The van der Waals surface area contributed by atoms with Gasteiger partial charge < -0.3 is 20.3 Å². The van der Waals surface area contributed by atoms with Gasteiger partial charge in [0.25, 0.3) is 0 Å². The van der Waals surface area contributed by atoms with Crippen LogP contribution >= 0.6 is 0 Å². The molecule has 0 saturated carbocycles. The SMILES string of the molecule is CC(C)CC(C)(O)CNCC(O)COc1ccc(F)cc1. The summed E-state index contributed by atoms with van der Waals surface area (Å²) in [6, 6.07) is 5.65. The Bertz CT molecular complexity index is 406. The van der Waals surface area contributed by atoms with Gasteiger partial charge in [0.1, 0.15) is 24.3 Å². The first-order chi connectivity index (χ1) is 9.78. The second-order valence-corrected chi connectivity index (χ2v) is 6.14. The van der Waals surface area contributed by atoms with Gasteiger partial charge in [-0.2, -0.15) is 0 Å². The predicted molar refractivity (Wildman–Crippen MR) is 80.9 cm³/mol. The van der Waals surface area contributed by atoms with E-state index in [1.807, 2.05) is 0 Å². The molecule has 0 aromatic heterocycles. The normalized spacial score (nSPS) is 15.8. The summed E-state index contributed by atoms with van der Waals surface area (Å²) in [7, 11) is 0. The van der Waals surface area contributed by atoms with Crippen LogP contribution < -0.4 is 10.1 Å². The summed E-state index contributed by atoms with van der Waals surface area (Å²) < 4.78 is 18.1. The summed E-state index contributed by atoms with van der Waals surface area (Å²) >= 11 is 0. The summed E-state index contributed by atoms with van der Waals surface area (Å²) in [4.78, 5) is 0. The lowest BCUT2D eigenvalue weighted by Gasteiger charge is -2.26. The van der Waals surface area contributed by atoms with Gasteiger partial charge in [0.15, 0.2) is 0 Å². The first kappa shape index (κ1) is 17.9. The van der Waals surface area contributed by atoms with Crippen LogP contribution in [-0.4, -0.2) is 41.6 Å². The number of aliphatic hydroxyl groups is 2. The zero-order valence-electron chi connectivity index (χ0n) is 13.0. The quantitative estimate of drug-likeness (QED) is 0.652. The van der Waals surface area contributed by atoms with E-state index >= 15 is 0 Å². The van der Waals surface area contributed by atoms with E-state index in [4.69, 9.17) is 4.74 Å². The summed E-state index contributed by atoms with van der Waals surface area (Å²) in [6.07, 6.45) is 0.00670. The van der Waals surface area contributed by atoms with E-state index in [9.17, 15) is 14.6 Å². The largest absolute Gasteiger partial charge is 0.491 e. The van der Waals surface area contributed by atoms with Crippen molar-refractivity contribution in [3.63, 3.8) is 0 Å². The highest BCUT2D eigenvalue weighted by molar-refractivity contribution is 5.22. The van der Waals surface area contributed by atoms with Gasteiger partial charge >= 0.3 is 0 Å². The van der Waals surface area contributed by atoms with E-state index in [0.29, 0.717) is 31.2 Å². The van der Waals surface area contributed by atoms with E-state index in [1.165, 1.54) is 24.3 Å². The monoisotopic (exact) mass is 299 g/mol. The van der Waals surface area contributed by atoms with Gasteiger partial charge in [-0.1, -0.05) is 13.8 Å². The molecule has 2 atom stereocenters. The van der Waals surface area contributed by atoms with Crippen LogP contribution in [0.4, 0.5) is 4.39 Å². The average Bonchev–Trinajstić information content (AvgIpc) is 2.36. The van der Waals surface area contributed by atoms with Gasteiger partial charge in [-0.25, -0.2) is 4.39 Å². The van der Waals surface area contributed by atoms with Crippen molar-refractivity contribution < 1.29 is 19.3 Å². The topological polar surface area (TPSA) is 61.7 Å². The summed E-state index contributed by atoms with van der Waals surface area (Å²) in [5, 5.41) is 23.0. The average molecular weight is 299 g/mol. The Morgan fingerprint density at radius 2 is 1.90 bits per heavy atom. The lowest BCUT2D eigenvalue weighted by Crippen LogP contribution is -2.42. The van der Waals surface area contributed by atoms with E-state index in [0.717, 1.165) is 0 Å². The highest BCUT2D eigenvalue weighted by Crippen LogP contribution is 2.15. The maximum atomic E-state index is 12.7. The smallest absolute Gasteiger partial charge is 0.123 e. The molecule has 0 saturated heterocycles. The fourth-order valence-electron chi connectivity index (χ4n) is 2.24. The van der Waals surface area contributed by atoms with Crippen molar-refractivity contribution in [2.45, 2.75) is 38.9 Å². The second kappa shape index (κ2) is 8.32. The number of nitrogens with one attached hydrogen (secondary N) is 1. The van der Waals surface area contributed by atoms with Crippen LogP contribution in [0.3, 0.4) is 0 Å². The third-order valence-corrected chi connectivity index (χ3v) is 2.99. The van der Waals surface area contributed by atoms with Gasteiger partial charge in [0.05, 0.1) is 5.60 Å². The molecule has 0 heterocycles. The first-order valence-corrected chi connectivity index (χ1v) is 7.28. The minimum absolute atomic E-state index is 0.116. The number of hydrogen-bond acceptors (Lipinski definition) is 4. The highest BCUT2D eigenvalue weighted by Gasteiger charge is 2.21. The zero-order chi connectivity index (χ0) is 15.9. The van der Waals surface area contributed by atoms with Crippen molar-refractivity contribution >= 4 is 0 Å². The third-order valence-electron chi connectivity index (χ3n) is 2.99. The number of halogens is 1. The zero-order valence-corrected chi connectivity index (χ0v) is 13.0. The van der Waals surface area contributed by atoms with Gasteiger partial charge in [-0.15, -0.1) is 0 Å². The Morgan fingerprint density at radius 3 is 2.48 bits per heavy atom. The molecule has 0 aliphatic rings. The van der Waals surface area contributed by atoms with E-state index in [-0.39, 0.29) is 12.4 Å². The Balaban J connectivity index is 2.22. The second-order valence-electron chi connectivity index (χ2n) is 6.14. The molecule has 21 heavy (non-hydrogen) atoms. The Labute approximate surface area is 125 Å². The summed E-state index contributed by atoms with van der Waals surface area (Å²) in [5.41, 5.74) is -0.786. The predicted octanol–water partition coefficient (Wildman–Crippen LogP) is 1.95. The summed E-state index contributed by atoms with van der Waals surface area (Å²) in [5.74, 6) is 0.604. The lowest BCUT2D eigenvalue weighted by atomic mass is 9.94. The van der Waals surface area contributed by atoms with E-state index < -0.39 is 11.7 Å². The Hall–Kier alpha value is -1.17. The maximum absolute atomic E-state index is 12.7. The van der Waals surface area contributed by atoms with Crippen molar-refractivity contribution in [1.29, 1.82) is 0 Å². The van der Waals surface area contributed by atoms with Crippen LogP contribution in [0.25, 0.3) is 0 Å². The minimum atomic E-state index is -0.786. The number of rotatable bonds is 9. The molecule has 1 aromatic rings. The molecule has 120 valence electrons. The van der Waals surface area contributed by atoms with Crippen molar-refractivity contribution in [1.82, 2.24) is 5.32 Å². The fourth-order valence-corrected chi connectivity index (χ4v) is 2.24. The van der Waals surface area contributed by atoms with Gasteiger partial charge in [-0.05, 0) is 43.5 Å². The molecule has 3 N–H and O–H groups in total. The number of aliphatic hydroxyl groups excluding tert-OH is 1. The maximum Gasteiger partial charge on any atom is 0.123 e. The molecule has 0 aliphatic carbocycles. The molecule has 0 fully saturated rings. The van der Waals surface area contributed by atoms with E-state index in [2.05, 4.69) is 19.2 Å². The fraction of sp³-hybridized carbons (Fsp3) is 0.625. The number of benzene rings is 1. The summed E-state index contributed by atoms with van der Waals surface area (Å²) in [6.45, 7) is 6.75. The van der Waals surface area contributed by atoms with Crippen molar-refractivity contribution in [2.24, 2.45) is 5.92 Å². The molecular weight excluding hydrogens is 273 g/mol. The molecule has 0 aliphatic heterocycles. The molecule has 4 nitrogen and oxygen atoms in total.